The topological polar surface area (TPSA) is 29.3 Å². The van der Waals surface area contributed by atoms with Gasteiger partial charge in [-0.1, -0.05) is 30.3 Å². The zero-order chi connectivity index (χ0) is 13.5. The molecule has 0 aliphatic heterocycles. The number of hydrogen-bond donors (Lipinski definition) is 1. The van der Waals surface area contributed by atoms with Crippen molar-refractivity contribution < 1.29 is 0 Å². The molecule has 0 spiro atoms. The summed E-state index contributed by atoms with van der Waals surface area (Å²) in [5, 5.41) is 0. The Labute approximate surface area is 118 Å². The molecule has 2 rings (SSSR count). The second-order valence-corrected chi connectivity index (χ2v) is 6.12. The number of likely N-dealkylation sites (N-methyl/N-ethyl adjacent to an activating group) is 1. The summed E-state index contributed by atoms with van der Waals surface area (Å²) in [4.78, 5) is 2.50. The molecule has 2 heteroatoms. The van der Waals surface area contributed by atoms with Crippen LogP contribution in [0.2, 0.25) is 0 Å². The number of rotatable bonds is 6. The molecular formula is C17H28N2. The van der Waals surface area contributed by atoms with Gasteiger partial charge in [-0.3, -0.25) is 0 Å². The number of nitrogens with two attached hydrogens (primary N) is 1. The normalized spacial score (nSPS) is 23.7. The molecule has 0 amide bonds. The minimum Gasteiger partial charge on any atom is -0.330 e. The average Bonchev–Trinajstić information content (AvgIpc) is 2.47. The van der Waals surface area contributed by atoms with Gasteiger partial charge in [0.2, 0.25) is 0 Å². The first-order chi connectivity index (χ1) is 9.28. The maximum Gasteiger partial charge on any atom is 0.00189 e. The molecule has 0 heterocycles. The third kappa shape index (κ3) is 4.96. The molecule has 1 aromatic carbocycles. The van der Waals surface area contributed by atoms with Crippen molar-refractivity contribution in [2.75, 3.05) is 26.7 Å². The zero-order valence-electron chi connectivity index (χ0n) is 12.2. The van der Waals surface area contributed by atoms with Crippen LogP contribution in [0.3, 0.4) is 0 Å². The van der Waals surface area contributed by atoms with Gasteiger partial charge >= 0.3 is 0 Å². The zero-order valence-corrected chi connectivity index (χ0v) is 12.2. The Morgan fingerprint density at radius 2 is 1.68 bits per heavy atom. The molecule has 1 saturated carbocycles. The Kier molecular flexibility index (Phi) is 5.87. The second-order valence-electron chi connectivity index (χ2n) is 6.12. The second kappa shape index (κ2) is 7.66. The average molecular weight is 260 g/mol. The first-order valence-electron chi connectivity index (χ1n) is 7.70. The lowest BCUT2D eigenvalue weighted by molar-refractivity contribution is 0.207. The van der Waals surface area contributed by atoms with E-state index in [2.05, 4.69) is 42.3 Å². The van der Waals surface area contributed by atoms with E-state index >= 15 is 0 Å². The Balaban J connectivity index is 1.66. The lowest BCUT2D eigenvalue weighted by Crippen LogP contribution is -2.31. The standard InChI is InChI=1S/C17H28N2/c1-19(12-11-15-5-3-2-4-6-15)14-17-9-7-16(13-18)8-10-17/h2-6,16-17H,7-14,18H2,1H3. The van der Waals surface area contributed by atoms with E-state index in [1.165, 1.54) is 44.3 Å². The van der Waals surface area contributed by atoms with E-state index < -0.39 is 0 Å². The molecule has 1 aromatic rings. The highest BCUT2D eigenvalue weighted by Gasteiger charge is 2.20. The molecule has 106 valence electrons. The van der Waals surface area contributed by atoms with Gasteiger partial charge in [0.1, 0.15) is 0 Å². The van der Waals surface area contributed by atoms with Crippen LogP contribution in [0, 0.1) is 11.8 Å². The molecule has 1 aliphatic rings. The molecule has 19 heavy (non-hydrogen) atoms. The highest BCUT2D eigenvalue weighted by atomic mass is 15.1. The summed E-state index contributed by atoms with van der Waals surface area (Å²) in [6.45, 7) is 3.31. The van der Waals surface area contributed by atoms with Crippen LogP contribution >= 0.6 is 0 Å². The summed E-state index contributed by atoms with van der Waals surface area (Å²) < 4.78 is 0. The summed E-state index contributed by atoms with van der Waals surface area (Å²) >= 11 is 0. The smallest absolute Gasteiger partial charge is 0.00189 e. The van der Waals surface area contributed by atoms with Gasteiger partial charge in [0, 0.05) is 13.1 Å². The molecule has 0 atom stereocenters. The van der Waals surface area contributed by atoms with Gasteiger partial charge in [-0.25, -0.2) is 0 Å². The largest absolute Gasteiger partial charge is 0.330 e. The van der Waals surface area contributed by atoms with Crippen molar-refractivity contribution in [3.8, 4) is 0 Å². The molecule has 2 nitrogen and oxygen atoms in total. The molecule has 0 bridgehead atoms. The quantitative estimate of drug-likeness (QED) is 0.852. The maximum atomic E-state index is 5.75. The summed E-state index contributed by atoms with van der Waals surface area (Å²) in [6, 6.07) is 10.8. The molecule has 0 unspecified atom stereocenters. The lowest BCUT2D eigenvalue weighted by atomic mass is 9.82. The Morgan fingerprint density at radius 3 is 2.32 bits per heavy atom. The summed E-state index contributed by atoms with van der Waals surface area (Å²) in [5.74, 6) is 1.69. The van der Waals surface area contributed by atoms with Crippen molar-refractivity contribution in [1.29, 1.82) is 0 Å². The van der Waals surface area contributed by atoms with Crippen molar-refractivity contribution in [2.24, 2.45) is 17.6 Å². The van der Waals surface area contributed by atoms with Crippen LogP contribution in [0.5, 0.6) is 0 Å². The van der Waals surface area contributed by atoms with Gasteiger partial charge < -0.3 is 10.6 Å². The van der Waals surface area contributed by atoms with E-state index in [9.17, 15) is 0 Å². The summed E-state index contributed by atoms with van der Waals surface area (Å²) in [6.07, 6.45) is 6.59. The van der Waals surface area contributed by atoms with Gasteiger partial charge in [-0.2, -0.15) is 0 Å². The van der Waals surface area contributed by atoms with E-state index in [0.29, 0.717) is 0 Å². The van der Waals surface area contributed by atoms with E-state index in [1.807, 2.05) is 0 Å². The predicted molar refractivity (Wildman–Crippen MR) is 82.1 cm³/mol. The monoisotopic (exact) mass is 260 g/mol. The predicted octanol–water partition coefficient (Wildman–Crippen LogP) is 2.93. The third-order valence-electron chi connectivity index (χ3n) is 4.49. The van der Waals surface area contributed by atoms with E-state index in [0.717, 1.165) is 24.8 Å². The number of hydrogen-bond acceptors (Lipinski definition) is 2. The summed E-state index contributed by atoms with van der Waals surface area (Å²) in [7, 11) is 2.26. The van der Waals surface area contributed by atoms with Crippen LogP contribution in [0.25, 0.3) is 0 Å². The minimum absolute atomic E-state index is 0.797. The maximum absolute atomic E-state index is 5.75. The summed E-state index contributed by atoms with van der Waals surface area (Å²) in [5.41, 5.74) is 7.20. The van der Waals surface area contributed by atoms with Gasteiger partial charge in [0.05, 0.1) is 0 Å². The fraction of sp³-hybridized carbons (Fsp3) is 0.647. The van der Waals surface area contributed by atoms with Crippen LogP contribution in [0.1, 0.15) is 31.2 Å². The van der Waals surface area contributed by atoms with Gasteiger partial charge in [0.15, 0.2) is 0 Å². The van der Waals surface area contributed by atoms with Crippen LogP contribution in [-0.2, 0) is 6.42 Å². The van der Waals surface area contributed by atoms with E-state index in [1.54, 1.807) is 0 Å². The van der Waals surface area contributed by atoms with Crippen molar-refractivity contribution in [2.45, 2.75) is 32.1 Å². The fourth-order valence-corrected chi connectivity index (χ4v) is 3.15. The molecular weight excluding hydrogens is 232 g/mol. The van der Waals surface area contributed by atoms with Gasteiger partial charge in [-0.05, 0) is 63.1 Å². The van der Waals surface area contributed by atoms with Crippen molar-refractivity contribution in [3.63, 3.8) is 0 Å². The SMILES string of the molecule is CN(CCc1ccccc1)CC1CCC(CN)CC1. The number of nitrogens with zero attached hydrogens (tertiary/aromatic N) is 1. The highest BCUT2D eigenvalue weighted by Crippen LogP contribution is 2.28. The molecule has 2 N–H and O–H groups in total. The van der Waals surface area contributed by atoms with Crippen LogP contribution in [0.4, 0.5) is 0 Å². The molecule has 1 fully saturated rings. The van der Waals surface area contributed by atoms with Crippen LogP contribution in [-0.4, -0.2) is 31.6 Å². The molecule has 1 aliphatic carbocycles. The van der Waals surface area contributed by atoms with Crippen LogP contribution < -0.4 is 5.73 Å². The molecule has 0 radical (unpaired) electrons. The fourth-order valence-electron chi connectivity index (χ4n) is 3.15. The van der Waals surface area contributed by atoms with E-state index in [4.69, 9.17) is 5.73 Å². The Bertz CT molecular complexity index is 342. The third-order valence-corrected chi connectivity index (χ3v) is 4.49. The van der Waals surface area contributed by atoms with E-state index in [-0.39, 0.29) is 0 Å². The van der Waals surface area contributed by atoms with Crippen molar-refractivity contribution in [1.82, 2.24) is 4.90 Å². The first kappa shape index (κ1) is 14.5. The molecule has 0 aromatic heterocycles. The minimum atomic E-state index is 0.797. The van der Waals surface area contributed by atoms with Crippen molar-refractivity contribution in [3.05, 3.63) is 35.9 Å². The number of benzene rings is 1. The van der Waals surface area contributed by atoms with Gasteiger partial charge in [-0.15, -0.1) is 0 Å². The Morgan fingerprint density at radius 1 is 1.05 bits per heavy atom. The highest BCUT2D eigenvalue weighted by molar-refractivity contribution is 5.14. The Hall–Kier alpha value is -0.860. The van der Waals surface area contributed by atoms with Crippen molar-refractivity contribution >= 4 is 0 Å². The lowest BCUT2D eigenvalue weighted by Gasteiger charge is -2.30. The molecule has 0 saturated heterocycles. The first-order valence-corrected chi connectivity index (χ1v) is 7.70. The van der Waals surface area contributed by atoms with Gasteiger partial charge in [0.25, 0.3) is 0 Å². The van der Waals surface area contributed by atoms with Crippen LogP contribution in [0.15, 0.2) is 30.3 Å².